The van der Waals surface area contributed by atoms with Crippen LogP contribution in [-0.2, 0) is 11.3 Å². The lowest BCUT2D eigenvalue weighted by atomic mass is 10.1. The zero-order chi connectivity index (χ0) is 10.4. The number of ether oxygens (including phenoxy) is 1. The Labute approximate surface area is 83.4 Å². The van der Waals surface area contributed by atoms with Gasteiger partial charge in [-0.05, 0) is 26.8 Å². The number of aromatic nitrogens is 4. The zero-order valence-electron chi connectivity index (χ0n) is 8.87. The molecule has 0 saturated heterocycles. The Morgan fingerprint density at radius 1 is 1.50 bits per heavy atom. The van der Waals surface area contributed by atoms with Gasteiger partial charge in [0.05, 0.1) is 12.1 Å². The standard InChI is InChI=1S/C8H17N5O/c1-8(2,14-3)4-5-9-6-7-10-12-13-11-7/h9H,4-6H2,1-3H3,(H,10,11,12,13). The molecule has 0 aliphatic rings. The molecule has 0 atom stereocenters. The minimum atomic E-state index is -0.0791. The van der Waals surface area contributed by atoms with E-state index in [1.54, 1.807) is 7.11 Å². The average molecular weight is 199 g/mol. The molecule has 6 nitrogen and oxygen atoms in total. The van der Waals surface area contributed by atoms with Crippen molar-refractivity contribution >= 4 is 0 Å². The van der Waals surface area contributed by atoms with Gasteiger partial charge in [-0.15, -0.1) is 10.2 Å². The number of hydrogen-bond donors (Lipinski definition) is 2. The monoisotopic (exact) mass is 199 g/mol. The van der Waals surface area contributed by atoms with Gasteiger partial charge in [0.15, 0.2) is 5.82 Å². The van der Waals surface area contributed by atoms with Crippen LogP contribution < -0.4 is 5.32 Å². The maximum atomic E-state index is 5.29. The second-order valence-corrected chi connectivity index (χ2v) is 3.72. The molecule has 0 spiro atoms. The van der Waals surface area contributed by atoms with Crippen molar-refractivity contribution in [3.63, 3.8) is 0 Å². The molecular formula is C8H17N5O. The van der Waals surface area contributed by atoms with Gasteiger partial charge in [-0.3, -0.25) is 0 Å². The Morgan fingerprint density at radius 2 is 2.29 bits per heavy atom. The van der Waals surface area contributed by atoms with Crippen LogP contribution in [0.1, 0.15) is 26.1 Å². The van der Waals surface area contributed by atoms with Gasteiger partial charge in [-0.2, -0.15) is 5.21 Å². The molecule has 0 aliphatic carbocycles. The lowest BCUT2D eigenvalue weighted by molar-refractivity contribution is 0.0158. The number of H-pyrrole nitrogens is 1. The van der Waals surface area contributed by atoms with Crippen molar-refractivity contribution in [3.05, 3.63) is 5.82 Å². The van der Waals surface area contributed by atoms with Gasteiger partial charge in [0.25, 0.3) is 0 Å². The summed E-state index contributed by atoms with van der Waals surface area (Å²) in [5.74, 6) is 0.681. The van der Waals surface area contributed by atoms with Crippen LogP contribution in [0.5, 0.6) is 0 Å². The summed E-state index contributed by atoms with van der Waals surface area (Å²) in [6.07, 6.45) is 0.946. The molecule has 0 aliphatic heterocycles. The van der Waals surface area contributed by atoms with Gasteiger partial charge in [-0.1, -0.05) is 5.21 Å². The highest BCUT2D eigenvalue weighted by Crippen LogP contribution is 2.11. The molecule has 1 heterocycles. The second-order valence-electron chi connectivity index (χ2n) is 3.72. The zero-order valence-corrected chi connectivity index (χ0v) is 8.87. The van der Waals surface area contributed by atoms with Crippen molar-refractivity contribution in [1.29, 1.82) is 0 Å². The fourth-order valence-electron chi connectivity index (χ4n) is 0.949. The summed E-state index contributed by atoms with van der Waals surface area (Å²) < 4.78 is 5.29. The molecule has 0 bridgehead atoms. The Hall–Kier alpha value is -1.01. The predicted octanol–water partition coefficient (Wildman–Crippen LogP) is 0.104. The van der Waals surface area contributed by atoms with Crippen molar-refractivity contribution in [2.24, 2.45) is 0 Å². The molecule has 1 rings (SSSR count). The number of rotatable bonds is 6. The quantitative estimate of drug-likeness (QED) is 0.636. The van der Waals surface area contributed by atoms with Crippen molar-refractivity contribution in [3.8, 4) is 0 Å². The van der Waals surface area contributed by atoms with Gasteiger partial charge in [-0.25, -0.2) is 0 Å². The number of methoxy groups -OCH3 is 1. The molecule has 1 aromatic rings. The first-order valence-corrected chi connectivity index (χ1v) is 4.62. The van der Waals surface area contributed by atoms with Gasteiger partial charge < -0.3 is 10.1 Å². The number of nitrogens with one attached hydrogen (secondary N) is 2. The molecule has 0 aromatic carbocycles. The number of aromatic amines is 1. The van der Waals surface area contributed by atoms with E-state index in [4.69, 9.17) is 4.74 Å². The smallest absolute Gasteiger partial charge is 0.188 e. The molecule has 14 heavy (non-hydrogen) atoms. The van der Waals surface area contributed by atoms with E-state index in [-0.39, 0.29) is 5.60 Å². The average Bonchev–Trinajstić information content (AvgIpc) is 2.65. The van der Waals surface area contributed by atoms with E-state index in [1.807, 2.05) is 0 Å². The fraction of sp³-hybridized carbons (Fsp3) is 0.875. The van der Waals surface area contributed by atoms with E-state index < -0.39 is 0 Å². The fourth-order valence-corrected chi connectivity index (χ4v) is 0.949. The summed E-state index contributed by atoms with van der Waals surface area (Å²) in [5, 5.41) is 16.7. The Morgan fingerprint density at radius 3 is 2.86 bits per heavy atom. The molecule has 0 fully saturated rings. The Balaban J connectivity index is 2.11. The summed E-state index contributed by atoms with van der Waals surface area (Å²) in [5.41, 5.74) is -0.0791. The Kier molecular flexibility index (Phi) is 3.97. The van der Waals surface area contributed by atoms with Crippen LogP contribution in [0.15, 0.2) is 0 Å². The lowest BCUT2D eigenvalue weighted by Gasteiger charge is -2.22. The first kappa shape index (κ1) is 11.1. The van der Waals surface area contributed by atoms with Crippen LogP contribution in [0.4, 0.5) is 0 Å². The van der Waals surface area contributed by atoms with Crippen LogP contribution in [0.3, 0.4) is 0 Å². The van der Waals surface area contributed by atoms with Crippen molar-refractivity contribution < 1.29 is 4.74 Å². The SMILES string of the molecule is COC(C)(C)CCNCc1nn[nH]n1. The third-order valence-electron chi connectivity index (χ3n) is 2.13. The third kappa shape index (κ3) is 3.80. The summed E-state index contributed by atoms with van der Waals surface area (Å²) in [4.78, 5) is 0. The van der Waals surface area contributed by atoms with E-state index in [1.165, 1.54) is 0 Å². The van der Waals surface area contributed by atoms with Crippen LogP contribution in [0.25, 0.3) is 0 Å². The molecule has 2 N–H and O–H groups in total. The molecule has 0 saturated carbocycles. The summed E-state index contributed by atoms with van der Waals surface area (Å²) in [6.45, 7) is 5.62. The highest BCUT2D eigenvalue weighted by Gasteiger charge is 2.14. The predicted molar refractivity (Wildman–Crippen MR) is 51.6 cm³/mol. The van der Waals surface area contributed by atoms with Crippen LogP contribution in [0, 0.1) is 0 Å². The number of tetrazole rings is 1. The third-order valence-corrected chi connectivity index (χ3v) is 2.13. The molecule has 6 heteroatoms. The summed E-state index contributed by atoms with van der Waals surface area (Å²) in [7, 11) is 1.72. The first-order chi connectivity index (χ1) is 6.64. The van der Waals surface area contributed by atoms with E-state index in [0.29, 0.717) is 12.4 Å². The summed E-state index contributed by atoms with van der Waals surface area (Å²) in [6, 6.07) is 0. The van der Waals surface area contributed by atoms with Crippen molar-refractivity contribution in [2.75, 3.05) is 13.7 Å². The van der Waals surface area contributed by atoms with Crippen LogP contribution in [0.2, 0.25) is 0 Å². The molecule has 0 radical (unpaired) electrons. The second kappa shape index (κ2) is 5.02. The molecule has 80 valence electrons. The minimum Gasteiger partial charge on any atom is -0.379 e. The van der Waals surface area contributed by atoms with Crippen LogP contribution in [-0.4, -0.2) is 39.9 Å². The highest BCUT2D eigenvalue weighted by atomic mass is 16.5. The van der Waals surface area contributed by atoms with E-state index in [0.717, 1.165) is 13.0 Å². The molecular weight excluding hydrogens is 182 g/mol. The molecule has 1 aromatic heterocycles. The highest BCUT2D eigenvalue weighted by molar-refractivity contribution is 4.75. The van der Waals surface area contributed by atoms with E-state index in [9.17, 15) is 0 Å². The first-order valence-electron chi connectivity index (χ1n) is 4.62. The Bertz CT molecular complexity index is 246. The van der Waals surface area contributed by atoms with Gasteiger partial charge >= 0.3 is 0 Å². The maximum absolute atomic E-state index is 5.29. The minimum absolute atomic E-state index is 0.0791. The molecule has 0 unspecified atom stereocenters. The van der Waals surface area contributed by atoms with Gasteiger partial charge in [0, 0.05) is 7.11 Å². The lowest BCUT2D eigenvalue weighted by Crippen LogP contribution is -2.28. The number of hydrogen-bond acceptors (Lipinski definition) is 5. The maximum Gasteiger partial charge on any atom is 0.188 e. The summed E-state index contributed by atoms with van der Waals surface area (Å²) >= 11 is 0. The van der Waals surface area contributed by atoms with E-state index in [2.05, 4.69) is 39.8 Å². The normalized spacial score (nSPS) is 11.9. The van der Waals surface area contributed by atoms with Crippen molar-refractivity contribution in [2.45, 2.75) is 32.4 Å². The molecule has 0 amide bonds. The van der Waals surface area contributed by atoms with Crippen molar-refractivity contribution in [1.82, 2.24) is 25.9 Å². The topological polar surface area (TPSA) is 75.7 Å². The van der Waals surface area contributed by atoms with Gasteiger partial charge in [0.2, 0.25) is 0 Å². The largest absolute Gasteiger partial charge is 0.379 e. The van der Waals surface area contributed by atoms with E-state index >= 15 is 0 Å². The number of nitrogens with zero attached hydrogens (tertiary/aromatic N) is 3. The van der Waals surface area contributed by atoms with Gasteiger partial charge in [0.1, 0.15) is 0 Å². The van der Waals surface area contributed by atoms with Crippen LogP contribution >= 0.6 is 0 Å².